The Hall–Kier alpha value is -1.06. The summed E-state index contributed by atoms with van der Waals surface area (Å²) in [6.45, 7) is 6.08. The quantitative estimate of drug-likeness (QED) is 0.901. The normalized spacial score (nSPS) is 23.8. The average molecular weight is 288 g/mol. The Bertz CT molecular complexity index is 468. The van der Waals surface area contributed by atoms with Crippen LogP contribution >= 0.6 is 0 Å². The molecular formula is C18H28N2O. The highest BCUT2D eigenvalue weighted by Crippen LogP contribution is 2.32. The molecule has 3 nitrogen and oxygen atoms in total. The summed E-state index contributed by atoms with van der Waals surface area (Å²) in [4.78, 5) is 2.59. The smallest absolute Gasteiger partial charge is 0.119 e. The molecule has 0 saturated carbocycles. The van der Waals surface area contributed by atoms with Crippen LogP contribution in [0, 0.1) is 0 Å². The topological polar surface area (TPSA) is 24.5 Å². The van der Waals surface area contributed by atoms with Crippen molar-refractivity contribution in [1.82, 2.24) is 10.2 Å². The molecule has 0 spiro atoms. The van der Waals surface area contributed by atoms with Crippen molar-refractivity contribution in [3.05, 3.63) is 29.3 Å². The van der Waals surface area contributed by atoms with Gasteiger partial charge in [0.15, 0.2) is 0 Å². The zero-order valence-corrected chi connectivity index (χ0v) is 13.4. The lowest BCUT2D eigenvalue weighted by Gasteiger charge is -2.31. The molecule has 1 heterocycles. The van der Waals surface area contributed by atoms with E-state index in [1.165, 1.54) is 62.9 Å². The molecule has 2 aliphatic rings. The largest absolute Gasteiger partial charge is 0.497 e. The van der Waals surface area contributed by atoms with Gasteiger partial charge < -0.3 is 15.0 Å². The van der Waals surface area contributed by atoms with Gasteiger partial charge in [-0.3, -0.25) is 0 Å². The molecular weight excluding hydrogens is 260 g/mol. The van der Waals surface area contributed by atoms with Crippen molar-refractivity contribution in [2.45, 2.75) is 51.1 Å². The minimum atomic E-state index is 0.511. The highest BCUT2D eigenvalue weighted by molar-refractivity contribution is 5.39. The van der Waals surface area contributed by atoms with Crippen molar-refractivity contribution in [2.75, 3.05) is 26.7 Å². The standard InChI is InChI=1S/C18H28N2O/c1-14(13-20-10-3-4-11-20)19-18-7-5-6-15-12-16(21-2)8-9-17(15)18/h8-9,12,14,18-19H,3-7,10-11,13H2,1-2H3. The maximum absolute atomic E-state index is 5.36. The molecule has 0 bridgehead atoms. The molecule has 2 unspecified atom stereocenters. The fourth-order valence-electron chi connectivity index (χ4n) is 3.84. The highest BCUT2D eigenvalue weighted by Gasteiger charge is 2.23. The van der Waals surface area contributed by atoms with Crippen LogP contribution in [0.5, 0.6) is 5.75 Å². The summed E-state index contributed by atoms with van der Waals surface area (Å²) in [5.74, 6) is 0.986. The molecule has 2 atom stereocenters. The predicted molar refractivity (Wildman–Crippen MR) is 86.9 cm³/mol. The summed E-state index contributed by atoms with van der Waals surface area (Å²) in [5, 5.41) is 3.86. The SMILES string of the molecule is COc1ccc2c(c1)CCCC2NC(C)CN1CCCC1. The lowest BCUT2D eigenvalue weighted by atomic mass is 9.87. The summed E-state index contributed by atoms with van der Waals surface area (Å²) in [6.07, 6.45) is 6.46. The van der Waals surface area contributed by atoms with Crippen LogP contribution in [0.1, 0.15) is 49.8 Å². The molecule has 1 aliphatic carbocycles. The van der Waals surface area contributed by atoms with Gasteiger partial charge in [0.1, 0.15) is 5.75 Å². The Labute approximate surface area is 128 Å². The molecule has 21 heavy (non-hydrogen) atoms. The van der Waals surface area contributed by atoms with Gasteiger partial charge in [-0.2, -0.15) is 0 Å². The first kappa shape index (κ1) is 14.9. The van der Waals surface area contributed by atoms with Gasteiger partial charge in [0.25, 0.3) is 0 Å². The van der Waals surface area contributed by atoms with Gasteiger partial charge in [0, 0.05) is 18.6 Å². The first-order valence-electron chi connectivity index (χ1n) is 8.41. The maximum atomic E-state index is 5.36. The highest BCUT2D eigenvalue weighted by atomic mass is 16.5. The van der Waals surface area contributed by atoms with Crippen LogP contribution in [0.3, 0.4) is 0 Å². The van der Waals surface area contributed by atoms with E-state index in [2.05, 4.69) is 35.3 Å². The minimum Gasteiger partial charge on any atom is -0.497 e. The Morgan fingerprint density at radius 2 is 2.10 bits per heavy atom. The van der Waals surface area contributed by atoms with Crippen LogP contribution in [0.15, 0.2) is 18.2 Å². The second-order valence-corrected chi connectivity index (χ2v) is 6.58. The number of likely N-dealkylation sites (tertiary alicyclic amines) is 1. The van der Waals surface area contributed by atoms with E-state index in [0.717, 1.165) is 5.75 Å². The second-order valence-electron chi connectivity index (χ2n) is 6.58. The van der Waals surface area contributed by atoms with E-state index in [1.54, 1.807) is 7.11 Å². The number of aryl methyl sites for hydroxylation is 1. The molecule has 0 radical (unpaired) electrons. The molecule has 1 N–H and O–H groups in total. The minimum absolute atomic E-state index is 0.511. The number of rotatable bonds is 5. The Kier molecular flexibility index (Phi) is 4.81. The number of nitrogens with one attached hydrogen (secondary N) is 1. The zero-order chi connectivity index (χ0) is 14.7. The van der Waals surface area contributed by atoms with Crippen molar-refractivity contribution in [2.24, 2.45) is 0 Å². The lowest BCUT2D eigenvalue weighted by molar-refractivity contribution is 0.279. The van der Waals surface area contributed by atoms with Gasteiger partial charge in [0.2, 0.25) is 0 Å². The summed E-state index contributed by atoms with van der Waals surface area (Å²) in [5.41, 5.74) is 2.95. The van der Waals surface area contributed by atoms with Gasteiger partial charge in [-0.25, -0.2) is 0 Å². The summed E-state index contributed by atoms with van der Waals surface area (Å²) in [7, 11) is 1.75. The van der Waals surface area contributed by atoms with E-state index in [9.17, 15) is 0 Å². The molecule has 3 rings (SSSR count). The number of methoxy groups -OCH3 is 1. The van der Waals surface area contributed by atoms with E-state index in [-0.39, 0.29) is 0 Å². The van der Waals surface area contributed by atoms with E-state index in [0.29, 0.717) is 12.1 Å². The van der Waals surface area contributed by atoms with Crippen LogP contribution in [0.2, 0.25) is 0 Å². The molecule has 1 aliphatic heterocycles. The molecule has 1 aromatic carbocycles. The van der Waals surface area contributed by atoms with Gasteiger partial charge in [-0.15, -0.1) is 0 Å². The van der Waals surface area contributed by atoms with E-state index < -0.39 is 0 Å². The maximum Gasteiger partial charge on any atom is 0.119 e. The summed E-state index contributed by atoms with van der Waals surface area (Å²) >= 11 is 0. The summed E-state index contributed by atoms with van der Waals surface area (Å²) < 4.78 is 5.36. The van der Waals surface area contributed by atoms with Gasteiger partial charge in [0.05, 0.1) is 7.11 Å². The predicted octanol–water partition coefficient (Wildman–Crippen LogP) is 3.15. The number of benzene rings is 1. The Morgan fingerprint density at radius 3 is 2.86 bits per heavy atom. The monoisotopic (exact) mass is 288 g/mol. The number of fused-ring (bicyclic) bond motifs is 1. The fraction of sp³-hybridized carbons (Fsp3) is 0.667. The van der Waals surface area contributed by atoms with Crippen LogP contribution in [-0.4, -0.2) is 37.7 Å². The molecule has 1 fully saturated rings. The molecule has 0 aromatic heterocycles. The lowest BCUT2D eigenvalue weighted by Crippen LogP contribution is -2.40. The third-order valence-electron chi connectivity index (χ3n) is 4.88. The zero-order valence-electron chi connectivity index (χ0n) is 13.4. The first-order valence-corrected chi connectivity index (χ1v) is 8.41. The molecule has 0 amide bonds. The van der Waals surface area contributed by atoms with Crippen molar-refractivity contribution >= 4 is 0 Å². The molecule has 3 heteroatoms. The van der Waals surface area contributed by atoms with Gasteiger partial charge in [-0.1, -0.05) is 6.07 Å². The van der Waals surface area contributed by atoms with Crippen LogP contribution in [-0.2, 0) is 6.42 Å². The van der Waals surface area contributed by atoms with Crippen molar-refractivity contribution in [3.8, 4) is 5.75 Å². The Morgan fingerprint density at radius 1 is 1.29 bits per heavy atom. The van der Waals surface area contributed by atoms with Crippen LogP contribution in [0.4, 0.5) is 0 Å². The number of hydrogen-bond acceptors (Lipinski definition) is 3. The van der Waals surface area contributed by atoms with Gasteiger partial charge in [-0.05, 0) is 75.4 Å². The van der Waals surface area contributed by atoms with E-state index in [4.69, 9.17) is 4.74 Å². The third kappa shape index (κ3) is 3.58. The average Bonchev–Trinajstić information content (AvgIpc) is 2.99. The first-order chi connectivity index (χ1) is 10.3. The number of nitrogens with zero attached hydrogens (tertiary/aromatic N) is 1. The molecule has 1 saturated heterocycles. The van der Waals surface area contributed by atoms with Crippen LogP contribution < -0.4 is 10.1 Å². The number of hydrogen-bond donors (Lipinski definition) is 1. The van der Waals surface area contributed by atoms with Crippen LogP contribution in [0.25, 0.3) is 0 Å². The van der Waals surface area contributed by atoms with Crippen molar-refractivity contribution in [1.29, 1.82) is 0 Å². The summed E-state index contributed by atoms with van der Waals surface area (Å²) in [6, 6.07) is 7.64. The molecule has 1 aromatic rings. The van der Waals surface area contributed by atoms with E-state index >= 15 is 0 Å². The van der Waals surface area contributed by atoms with Crippen molar-refractivity contribution < 1.29 is 4.74 Å². The van der Waals surface area contributed by atoms with Gasteiger partial charge >= 0.3 is 0 Å². The molecule has 116 valence electrons. The second kappa shape index (κ2) is 6.80. The van der Waals surface area contributed by atoms with E-state index in [1.807, 2.05) is 0 Å². The fourth-order valence-corrected chi connectivity index (χ4v) is 3.84. The Balaban J connectivity index is 1.64. The van der Waals surface area contributed by atoms with Crippen molar-refractivity contribution in [3.63, 3.8) is 0 Å². The number of ether oxygens (including phenoxy) is 1. The third-order valence-corrected chi connectivity index (χ3v) is 4.88.